The predicted octanol–water partition coefficient (Wildman–Crippen LogP) is 2.16. The highest BCUT2D eigenvalue weighted by Crippen LogP contribution is 2.19. The lowest BCUT2D eigenvalue weighted by atomic mass is 9.91. The van der Waals surface area contributed by atoms with Crippen molar-refractivity contribution in [2.24, 2.45) is 11.1 Å². The molecule has 0 saturated carbocycles. The lowest BCUT2D eigenvalue weighted by Crippen LogP contribution is -2.42. The first kappa shape index (κ1) is 13.7. The Morgan fingerprint density at radius 2 is 2.00 bits per heavy atom. The maximum atomic E-state index is 12.0. The van der Waals surface area contributed by atoms with E-state index < -0.39 is 5.41 Å². The summed E-state index contributed by atoms with van der Waals surface area (Å²) in [7, 11) is 0. The van der Waals surface area contributed by atoms with Gasteiger partial charge in [0.25, 0.3) is 0 Å². The van der Waals surface area contributed by atoms with Gasteiger partial charge >= 0.3 is 0 Å². The summed E-state index contributed by atoms with van der Waals surface area (Å²) in [6.45, 7) is 8.10. The summed E-state index contributed by atoms with van der Waals surface area (Å²) in [5.74, 6) is -0.00393. The monoisotopic (exact) mass is 234 g/mol. The van der Waals surface area contributed by atoms with Gasteiger partial charge in [-0.15, -0.1) is 0 Å². The third-order valence-electron chi connectivity index (χ3n) is 3.13. The minimum absolute atomic E-state index is 0.00393. The van der Waals surface area contributed by atoms with Crippen molar-refractivity contribution in [3.8, 4) is 0 Å². The highest BCUT2D eigenvalue weighted by Gasteiger charge is 2.27. The largest absolute Gasteiger partial charge is 0.349 e. The quantitative estimate of drug-likeness (QED) is 0.838. The topological polar surface area (TPSA) is 55.1 Å². The molecule has 1 amide bonds. The van der Waals surface area contributed by atoms with Crippen LogP contribution in [0.2, 0.25) is 0 Å². The Balaban J connectivity index is 2.77. The molecule has 3 N–H and O–H groups in total. The molecule has 1 aromatic carbocycles. The minimum Gasteiger partial charge on any atom is -0.349 e. The zero-order valence-corrected chi connectivity index (χ0v) is 11.1. The number of aryl methyl sites for hydroxylation is 1. The van der Waals surface area contributed by atoms with Crippen LogP contribution in [0.25, 0.3) is 0 Å². The van der Waals surface area contributed by atoms with Crippen molar-refractivity contribution in [2.75, 3.05) is 6.54 Å². The predicted molar refractivity (Wildman–Crippen MR) is 70.6 cm³/mol. The fourth-order valence-corrected chi connectivity index (χ4v) is 1.64. The molecule has 0 heterocycles. The van der Waals surface area contributed by atoms with Gasteiger partial charge < -0.3 is 11.1 Å². The van der Waals surface area contributed by atoms with Crippen LogP contribution in [0.1, 0.15) is 37.9 Å². The van der Waals surface area contributed by atoms with Gasteiger partial charge in [-0.05, 0) is 38.8 Å². The molecule has 0 aromatic heterocycles. The molecule has 0 unspecified atom stereocenters. The lowest BCUT2D eigenvalue weighted by molar-refractivity contribution is -0.129. The minimum atomic E-state index is -0.517. The molecule has 0 aliphatic carbocycles. The summed E-state index contributed by atoms with van der Waals surface area (Å²) in [6.07, 6.45) is 0. The van der Waals surface area contributed by atoms with E-state index in [-0.39, 0.29) is 11.9 Å². The first-order valence-electron chi connectivity index (χ1n) is 5.95. The van der Waals surface area contributed by atoms with E-state index in [0.29, 0.717) is 6.54 Å². The smallest absolute Gasteiger partial charge is 0.227 e. The molecular formula is C14H22N2O. The Kier molecular flexibility index (Phi) is 4.29. The van der Waals surface area contributed by atoms with Crippen molar-refractivity contribution < 1.29 is 4.79 Å². The number of nitrogens with two attached hydrogens (primary N) is 1. The van der Waals surface area contributed by atoms with Gasteiger partial charge in [0.05, 0.1) is 11.5 Å². The van der Waals surface area contributed by atoms with E-state index in [1.165, 1.54) is 5.56 Å². The summed E-state index contributed by atoms with van der Waals surface area (Å²) in [4.78, 5) is 12.0. The Hall–Kier alpha value is -1.35. The number of hydrogen-bond donors (Lipinski definition) is 2. The van der Waals surface area contributed by atoms with Gasteiger partial charge in [-0.25, -0.2) is 0 Å². The fourth-order valence-electron chi connectivity index (χ4n) is 1.64. The SMILES string of the molecule is Cc1ccccc1[C@H](C)NC(=O)C(C)(C)CN. The highest BCUT2D eigenvalue weighted by molar-refractivity contribution is 5.82. The van der Waals surface area contributed by atoms with E-state index >= 15 is 0 Å². The maximum Gasteiger partial charge on any atom is 0.227 e. The van der Waals surface area contributed by atoms with Gasteiger partial charge in [0, 0.05) is 6.54 Å². The third-order valence-corrected chi connectivity index (χ3v) is 3.13. The second-order valence-electron chi connectivity index (χ2n) is 5.14. The molecule has 0 spiro atoms. The number of carbonyl (C=O) groups excluding carboxylic acids is 1. The summed E-state index contributed by atoms with van der Waals surface area (Å²) in [5, 5.41) is 3.01. The van der Waals surface area contributed by atoms with Crippen molar-refractivity contribution in [1.82, 2.24) is 5.32 Å². The first-order chi connectivity index (χ1) is 7.88. The van der Waals surface area contributed by atoms with Crippen molar-refractivity contribution in [1.29, 1.82) is 0 Å². The third kappa shape index (κ3) is 3.30. The van der Waals surface area contributed by atoms with Crippen LogP contribution >= 0.6 is 0 Å². The van der Waals surface area contributed by atoms with Crippen LogP contribution in [0.5, 0.6) is 0 Å². The van der Waals surface area contributed by atoms with E-state index in [0.717, 1.165) is 5.56 Å². The molecule has 0 saturated heterocycles. The summed E-state index contributed by atoms with van der Waals surface area (Å²) in [5.41, 5.74) is 7.41. The number of benzene rings is 1. The van der Waals surface area contributed by atoms with Crippen LogP contribution in [0.4, 0.5) is 0 Å². The standard InChI is InChI=1S/C14H22N2O/c1-10-7-5-6-8-12(10)11(2)16-13(17)14(3,4)9-15/h5-8,11H,9,15H2,1-4H3,(H,16,17)/t11-/m0/s1. The molecule has 3 heteroatoms. The number of amides is 1. The van der Waals surface area contributed by atoms with E-state index in [4.69, 9.17) is 5.73 Å². The normalized spacial score (nSPS) is 13.2. The molecule has 0 aliphatic heterocycles. The average Bonchev–Trinajstić information content (AvgIpc) is 2.29. The molecule has 0 radical (unpaired) electrons. The molecule has 0 aliphatic rings. The summed E-state index contributed by atoms with van der Waals surface area (Å²) in [6, 6.07) is 8.08. The van der Waals surface area contributed by atoms with Gasteiger partial charge in [0.2, 0.25) is 5.91 Å². The van der Waals surface area contributed by atoms with Crippen LogP contribution in [-0.4, -0.2) is 12.5 Å². The molecule has 1 aromatic rings. The molecule has 17 heavy (non-hydrogen) atoms. The van der Waals surface area contributed by atoms with Crippen LogP contribution in [-0.2, 0) is 4.79 Å². The fraction of sp³-hybridized carbons (Fsp3) is 0.500. The number of carbonyl (C=O) groups is 1. The van der Waals surface area contributed by atoms with E-state index in [1.807, 2.05) is 52.0 Å². The first-order valence-corrected chi connectivity index (χ1v) is 5.95. The Morgan fingerprint density at radius 3 is 2.53 bits per heavy atom. The average molecular weight is 234 g/mol. The molecule has 1 atom stereocenters. The molecular weight excluding hydrogens is 212 g/mol. The second-order valence-corrected chi connectivity index (χ2v) is 5.14. The molecule has 3 nitrogen and oxygen atoms in total. The highest BCUT2D eigenvalue weighted by atomic mass is 16.2. The molecule has 0 fully saturated rings. The summed E-state index contributed by atoms with van der Waals surface area (Å²) < 4.78 is 0. The number of hydrogen-bond acceptors (Lipinski definition) is 2. The Labute approximate surface area is 103 Å². The zero-order chi connectivity index (χ0) is 13.1. The summed E-state index contributed by atoms with van der Waals surface area (Å²) >= 11 is 0. The Morgan fingerprint density at radius 1 is 1.41 bits per heavy atom. The van der Waals surface area contributed by atoms with E-state index in [1.54, 1.807) is 0 Å². The Bertz CT molecular complexity index is 399. The number of nitrogens with one attached hydrogen (secondary N) is 1. The lowest BCUT2D eigenvalue weighted by Gasteiger charge is -2.25. The molecule has 94 valence electrons. The van der Waals surface area contributed by atoms with Gasteiger partial charge in [-0.2, -0.15) is 0 Å². The van der Waals surface area contributed by atoms with Crippen molar-refractivity contribution in [2.45, 2.75) is 33.7 Å². The van der Waals surface area contributed by atoms with Crippen LogP contribution in [0.15, 0.2) is 24.3 Å². The number of rotatable bonds is 4. The van der Waals surface area contributed by atoms with Gasteiger partial charge in [0.1, 0.15) is 0 Å². The second kappa shape index (κ2) is 5.32. The van der Waals surface area contributed by atoms with Crippen molar-refractivity contribution >= 4 is 5.91 Å². The van der Waals surface area contributed by atoms with Crippen molar-refractivity contribution in [3.05, 3.63) is 35.4 Å². The molecule has 0 bridgehead atoms. The van der Waals surface area contributed by atoms with Crippen molar-refractivity contribution in [3.63, 3.8) is 0 Å². The van der Waals surface area contributed by atoms with E-state index in [9.17, 15) is 4.79 Å². The van der Waals surface area contributed by atoms with Gasteiger partial charge in [0.15, 0.2) is 0 Å². The maximum absolute atomic E-state index is 12.0. The molecule has 1 rings (SSSR count). The van der Waals surface area contributed by atoms with Crippen LogP contribution in [0.3, 0.4) is 0 Å². The van der Waals surface area contributed by atoms with E-state index in [2.05, 4.69) is 5.32 Å². The van der Waals surface area contributed by atoms with Crippen LogP contribution < -0.4 is 11.1 Å². The zero-order valence-electron chi connectivity index (χ0n) is 11.1. The van der Waals surface area contributed by atoms with Gasteiger partial charge in [-0.3, -0.25) is 4.79 Å². The van der Waals surface area contributed by atoms with Gasteiger partial charge in [-0.1, -0.05) is 24.3 Å². The van der Waals surface area contributed by atoms with Crippen LogP contribution in [0, 0.1) is 12.3 Å².